The van der Waals surface area contributed by atoms with Crippen molar-refractivity contribution in [3.8, 4) is 0 Å². The molecule has 4 aliphatic heterocycles. The molecule has 2 saturated carbocycles. The molecular weight excluding hydrogens is 1820 g/mol. The van der Waals surface area contributed by atoms with Crippen LogP contribution in [-0.4, -0.2) is 244 Å². The van der Waals surface area contributed by atoms with Crippen molar-refractivity contribution in [1.29, 1.82) is 0 Å². The van der Waals surface area contributed by atoms with Crippen LogP contribution in [0.15, 0.2) is 85.5 Å². The van der Waals surface area contributed by atoms with E-state index in [1.807, 2.05) is 20.8 Å². The Hall–Kier alpha value is -6.67. The first-order valence-electron chi connectivity index (χ1n) is 40.4. The minimum absolute atomic E-state index is 0. The summed E-state index contributed by atoms with van der Waals surface area (Å²) in [4.78, 5) is 108. The Balaban J connectivity index is 0.000000889. The average molecular weight is 1940 g/mol. The van der Waals surface area contributed by atoms with E-state index in [-0.39, 0.29) is 123 Å². The summed E-state index contributed by atoms with van der Waals surface area (Å²) in [5.74, 6) is -5.55. The zero-order chi connectivity index (χ0) is 96.5. The molecule has 2 unspecified atom stereocenters. The number of hydrogen-bond donors (Lipinski definition) is 12. The number of likely N-dealkylation sites (tertiary alicyclic amines) is 3. The SMILES string of the molecule is CC(C)(C)OC(=O)N1C[C@@](CO)(C(F)(F)F)C[C@@H]1C(=O)Nc1cc(C(CCC2CC2)(N[S@](=O)C(C)(C)C)c2ccncc2)ccc1F.CC(C)(C)OC(=O)N1C[C@](C)(CO)C[C@@H]1C(=O)O.CC(C)(C)OC(=O)N1C[C@](C)(O)C[C@@H]1C(=O)O.COS(=O)(=O)CO.Cl.NC(CCC1CC1)(c1ccncc1)c1ccc(F)c(NC(=O)[C@H]2C[C@](CO)(C(F)(F)F)CN2)c1.O=CO[O-].[H-].[Na+].[Na+]. The number of aliphatic carboxylic acids is 2. The molecule has 0 bridgehead atoms. The van der Waals surface area contributed by atoms with E-state index in [1.165, 1.54) is 56.9 Å². The van der Waals surface area contributed by atoms with Gasteiger partial charge in [0.2, 0.25) is 11.8 Å². The molecule has 130 heavy (non-hydrogen) atoms. The second-order valence-electron chi connectivity index (χ2n) is 36.8. The standard InChI is InChI=1S/C33H44F4N4O5S.C24H28F4N4O2.C12H21NO5.C11H19NO5.C2H6O4S.CH2O3.ClH.2Na.H/c1-29(2,3)46-28(44)41-19-31(20-42,33(35,36)37)18-26(41)27(43)39-25-17-23(9-10-24(25)34)32(14-11-21-7-8-21,22-12-15-38-16-13-22)40-47(45)30(4,5)6;25-18-4-3-17(23(29,8-5-15-1-2-15)16-6-9-30-10-7-16)11-19(18)32-21(34)20-12-22(14-33,13-31-20)24(26,27)28;1-11(2,3)18-10(17)13-6-12(4,7-14)5-8(13)9(15)16;1-10(2,3)17-9(15)12-6-11(4,16)5-7(12)8(13)14;1-6-7(4,5)2-3;2-1-4-3;;;;/h9-10,12-13,15-17,21,26,40,42H,7-8,11,14,18-20H2,1-6H3,(H,39,43);3-4,6-7,9-11,15,20,31,33H,1-2,5,8,12-14,29H2,(H,32,34);8,14H,5-7H2,1-4H3,(H,15,16);7,16H,5-6H2,1-4H3,(H,13,14);3H,2H2,1H3;1,3H;1H;;;/q;;;;;;;2*+1;-1/p-1/t26-,31+,32?,47-;20-,22+,23?;8-,12-;7-,11-;;;;;;/m1111....../s1. The van der Waals surface area contributed by atoms with Gasteiger partial charge in [-0.05, 0) is 218 Å². The Bertz CT molecular complexity index is 4560. The molecule has 2 aromatic carbocycles. The van der Waals surface area contributed by atoms with Crippen molar-refractivity contribution in [3.63, 3.8) is 0 Å². The third-order valence-electron chi connectivity index (χ3n) is 21.5. The van der Waals surface area contributed by atoms with Gasteiger partial charge in [-0.1, -0.05) is 44.7 Å². The van der Waals surface area contributed by atoms with Crippen molar-refractivity contribution in [2.45, 2.75) is 249 Å². The molecule has 2 aromatic heterocycles. The van der Waals surface area contributed by atoms with Crippen molar-refractivity contribution >= 4 is 93.4 Å². The summed E-state index contributed by atoms with van der Waals surface area (Å²) >= 11 is 0. The maximum atomic E-state index is 15.4. The molecule has 47 heteroatoms. The van der Waals surface area contributed by atoms with Crippen LogP contribution in [0.25, 0.3) is 0 Å². The van der Waals surface area contributed by atoms with E-state index in [9.17, 15) is 97.3 Å². The number of amides is 5. The third-order valence-corrected chi connectivity index (χ3v) is 24.0. The number of β-amino-alcohol motifs (C(OH)–C–C–N with tert-alkyl or cyclic N) is 1. The van der Waals surface area contributed by atoms with E-state index < -0.39 is 211 Å². The molecule has 11 atom stereocenters. The first-order chi connectivity index (χ1) is 58.4. The number of ether oxygens (including phenoxy) is 3. The number of aliphatic hydroxyl groups excluding tert-OH is 4. The van der Waals surface area contributed by atoms with Gasteiger partial charge in [-0.15, -0.1) is 12.4 Å². The number of rotatable bonds is 24. The minimum Gasteiger partial charge on any atom is -1.00 e. The molecule has 4 saturated heterocycles. The molecule has 34 nitrogen and oxygen atoms in total. The fraction of sp³-hybridized carbons (Fsp3) is 0.639. The number of halogens is 9. The molecule has 0 spiro atoms. The number of alkyl halides is 6. The van der Waals surface area contributed by atoms with Crippen LogP contribution >= 0.6 is 12.4 Å². The number of hydrogen-bond acceptors (Lipinski definition) is 26. The van der Waals surface area contributed by atoms with Crippen molar-refractivity contribution in [2.24, 2.45) is 33.8 Å². The molecular formula is C83H121ClF8N10Na2O24S2. The largest absolute Gasteiger partial charge is 1.00 e. The van der Waals surface area contributed by atoms with Crippen LogP contribution in [0.3, 0.4) is 0 Å². The van der Waals surface area contributed by atoms with Gasteiger partial charge in [-0.2, -0.15) is 34.8 Å². The van der Waals surface area contributed by atoms with Gasteiger partial charge in [0.05, 0.1) is 83.3 Å². The first kappa shape index (κ1) is 119. The van der Waals surface area contributed by atoms with E-state index >= 15 is 4.39 Å². The predicted octanol–water partition coefficient (Wildman–Crippen LogP) is 3.45. The molecule has 0 radical (unpaired) electrons. The van der Waals surface area contributed by atoms with Crippen LogP contribution in [0.1, 0.15) is 198 Å². The Kier molecular flexibility index (Phi) is 44.7. The number of nitrogens with two attached hydrogens (primary N) is 1. The van der Waals surface area contributed by atoms with Gasteiger partial charge in [-0.25, -0.2) is 41.7 Å². The number of aliphatic hydroxyl groups is 5. The van der Waals surface area contributed by atoms with Gasteiger partial charge < -0.3 is 83.2 Å². The van der Waals surface area contributed by atoms with E-state index in [0.717, 1.165) is 62.2 Å². The van der Waals surface area contributed by atoms with Crippen LogP contribution in [0.5, 0.6) is 0 Å². The van der Waals surface area contributed by atoms with Gasteiger partial charge in [0, 0.05) is 56.3 Å². The second-order valence-corrected chi connectivity index (χ2v) is 40.5. The second kappa shape index (κ2) is 48.7. The topological polar surface area (TPSA) is 508 Å². The fourth-order valence-electron chi connectivity index (χ4n) is 14.0. The monoisotopic (exact) mass is 1940 g/mol. The fourth-order valence-corrected chi connectivity index (χ4v) is 15.1. The number of carbonyl (C=O) groups excluding carboxylic acids is 6. The summed E-state index contributed by atoms with van der Waals surface area (Å²) in [5.41, 5.74) is -2.55. The summed E-state index contributed by atoms with van der Waals surface area (Å²) in [6.45, 7) is 19.3. The van der Waals surface area contributed by atoms with Crippen molar-refractivity contribution < 1.29 is 211 Å². The van der Waals surface area contributed by atoms with E-state index in [4.69, 9.17) is 45.3 Å². The molecule has 6 fully saturated rings. The molecule has 2 aliphatic carbocycles. The maximum Gasteiger partial charge on any atom is 1.00 e. The summed E-state index contributed by atoms with van der Waals surface area (Å²) in [6.07, 6.45) is 0.0960. The number of carbonyl (C=O) groups is 8. The van der Waals surface area contributed by atoms with Crippen LogP contribution < -0.4 is 90.8 Å². The molecule has 13 N–H and O–H groups in total. The van der Waals surface area contributed by atoms with Crippen LogP contribution in [0, 0.1) is 39.7 Å². The van der Waals surface area contributed by atoms with Gasteiger partial charge in [-0.3, -0.25) is 43.2 Å². The van der Waals surface area contributed by atoms with Crippen molar-refractivity contribution in [1.82, 2.24) is 34.7 Å². The molecule has 4 aromatic rings. The van der Waals surface area contributed by atoms with E-state index in [0.29, 0.717) is 46.3 Å². The number of carboxylic acids is 2. The molecule has 724 valence electrons. The number of aromatic nitrogens is 2. The van der Waals surface area contributed by atoms with Crippen molar-refractivity contribution in [2.75, 3.05) is 69.7 Å². The predicted molar refractivity (Wildman–Crippen MR) is 450 cm³/mol. The van der Waals surface area contributed by atoms with Gasteiger partial charge in [0.1, 0.15) is 57.4 Å². The number of nitrogens with one attached hydrogen (secondary N) is 4. The normalized spacial score (nSPS) is 23.1. The summed E-state index contributed by atoms with van der Waals surface area (Å²) in [7, 11) is -4.21. The van der Waals surface area contributed by atoms with Crippen LogP contribution in [0.2, 0.25) is 0 Å². The molecule has 5 amide bonds. The maximum absolute atomic E-state index is 15.4. The van der Waals surface area contributed by atoms with Crippen LogP contribution in [-0.2, 0) is 79.4 Å². The molecule has 6 heterocycles. The third kappa shape index (κ3) is 34.3. The number of pyridine rings is 2. The number of nitrogens with zero attached hydrogens (tertiary/aromatic N) is 5. The van der Waals surface area contributed by atoms with Gasteiger partial charge >= 0.3 is 102 Å². The summed E-state index contributed by atoms with van der Waals surface area (Å²) in [6, 6.07) is 10.4. The summed E-state index contributed by atoms with van der Waals surface area (Å²) in [5, 5.41) is 80.1. The Morgan fingerprint density at radius 2 is 1.01 bits per heavy atom. The smallest absolute Gasteiger partial charge is 1.00 e. The van der Waals surface area contributed by atoms with Gasteiger partial charge in [0.25, 0.3) is 16.6 Å². The summed E-state index contributed by atoms with van der Waals surface area (Å²) < 4.78 is 168. The Labute approximate surface area is 804 Å². The average Bonchev–Trinajstić information content (AvgIpc) is 1.68. The first-order valence-corrected chi connectivity index (χ1v) is 43.1. The Morgan fingerprint density at radius 1 is 0.600 bits per heavy atom. The minimum atomic E-state index is -4.96. The van der Waals surface area contributed by atoms with Crippen LogP contribution in [0.4, 0.5) is 60.9 Å². The van der Waals surface area contributed by atoms with Gasteiger partial charge in [0.15, 0.2) is 5.94 Å². The van der Waals surface area contributed by atoms with Crippen molar-refractivity contribution in [3.05, 3.63) is 119 Å². The molecule has 6 aliphatic rings. The van der Waals surface area contributed by atoms with E-state index in [2.05, 4.69) is 39.7 Å². The quantitative estimate of drug-likeness (QED) is 0.00909. The zero-order valence-corrected chi connectivity index (χ0v) is 82.3. The number of benzene rings is 2. The number of anilines is 2. The Morgan fingerprint density at radius 3 is 1.38 bits per heavy atom. The molecule has 10 rings (SSSR count). The zero-order valence-electron chi connectivity index (χ0n) is 76.9. The van der Waals surface area contributed by atoms with E-state index in [1.54, 1.807) is 104 Å². The number of carboxylic acid groups (broad SMARTS) is 2.